The maximum absolute atomic E-state index is 12.6. The van der Waals surface area contributed by atoms with Crippen LogP contribution in [0.1, 0.15) is 30.9 Å². The van der Waals surface area contributed by atoms with Gasteiger partial charge >= 0.3 is 12.1 Å². The van der Waals surface area contributed by atoms with E-state index in [1.165, 1.54) is 13.2 Å². The van der Waals surface area contributed by atoms with Crippen LogP contribution in [-0.4, -0.2) is 31.6 Å². The van der Waals surface area contributed by atoms with Gasteiger partial charge in [0.1, 0.15) is 6.61 Å². The third-order valence-electron chi connectivity index (χ3n) is 4.24. The monoisotopic (exact) mass is 331 g/mol. The highest BCUT2D eigenvalue weighted by Gasteiger charge is 2.56. The van der Waals surface area contributed by atoms with E-state index in [2.05, 4.69) is 11.9 Å². The fourth-order valence-corrected chi connectivity index (χ4v) is 3.14. The smallest absolute Gasteiger partial charge is 0.407 e. The molecule has 0 heterocycles. The van der Waals surface area contributed by atoms with Gasteiger partial charge in [-0.3, -0.25) is 9.59 Å². The molecule has 1 aliphatic rings. The number of amides is 1. The second-order valence-electron chi connectivity index (χ2n) is 5.61. The SMILES string of the molecule is C=CCOC(=O)N[C@@H](c1ccccc1)[C@]1(C(=O)OC)CCCC1=O. The van der Waals surface area contributed by atoms with Crippen LogP contribution in [0.3, 0.4) is 0 Å². The Hall–Kier alpha value is -2.63. The summed E-state index contributed by atoms with van der Waals surface area (Å²) < 4.78 is 9.87. The second kappa shape index (κ2) is 7.77. The molecule has 1 saturated carbocycles. The number of hydrogen-bond donors (Lipinski definition) is 1. The summed E-state index contributed by atoms with van der Waals surface area (Å²) in [7, 11) is 1.24. The van der Waals surface area contributed by atoms with Crippen molar-refractivity contribution < 1.29 is 23.9 Å². The number of methoxy groups -OCH3 is 1. The van der Waals surface area contributed by atoms with Gasteiger partial charge in [-0.05, 0) is 18.4 Å². The van der Waals surface area contributed by atoms with Crippen molar-refractivity contribution in [3.05, 3.63) is 48.6 Å². The zero-order chi connectivity index (χ0) is 17.6. The average molecular weight is 331 g/mol. The van der Waals surface area contributed by atoms with Crippen molar-refractivity contribution in [3.63, 3.8) is 0 Å². The number of carbonyl (C=O) groups excluding carboxylic acids is 3. The summed E-state index contributed by atoms with van der Waals surface area (Å²) in [4.78, 5) is 37.2. The third-order valence-corrected chi connectivity index (χ3v) is 4.24. The van der Waals surface area contributed by atoms with Crippen molar-refractivity contribution in [1.82, 2.24) is 5.32 Å². The number of rotatable bonds is 6. The highest BCUT2D eigenvalue weighted by Crippen LogP contribution is 2.46. The van der Waals surface area contributed by atoms with Gasteiger partial charge in [0.15, 0.2) is 11.2 Å². The normalized spacial score (nSPS) is 21.0. The Balaban J connectivity index is 2.43. The van der Waals surface area contributed by atoms with Crippen LogP contribution in [0, 0.1) is 5.41 Å². The minimum absolute atomic E-state index is 0.0342. The number of esters is 1. The number of alkyl carbamates (subject to hydrolysis) is 1. The number of nitrogens with one attached hydrogen (secondary N) is 1. The van der Waals surface area contributed by atoms with Crippen molar-refractivity contribution in [1.29, 1.82) is 0 Å². The van der Waals surface area contributed by atoms with Crippen LogP contribution >= 0.6 is 0 Å². The Morgan fingerprint density at radius 1 is 1.38 bits per heavy atom. The predicted octanol–water partition coefficient (Wildman–Crippen LogP) is 2.55. The van der Waals surface area contributed by atoms with Gasteiger partial charge in [0, 0.05) is 6.42 Å². The van der Waals surface area contributed by atoms with E-state index in [-0.39, 0.29) is 18.8 Å². The zero-order valence-corrected chi connectivity index (χ0v) is 13.6. The van der Waals surface area contributed by atoms with E-state index in [1.807, 2.05) is 6.07 Å². The van der Waals surface area contributed by atoms with Crippen molar-refractivity contribution >= 4 is 17.8 Å². The molecule has 128 valence electrons. The summed E-state index contributed by atoms with van der Waals surface area (Å²) in [6.45, 7) is 3.52. The minimum Gasteiger partial charge on any atom is -0.468 e. The lowest BCUT2D eigenvalue weighted by Crippen LogP contribution is -2.49. The van der Waals surface area contributed by atoms with E-state index in [0.717, 1.165) is 0 Å². The Bertz CT molecular complexity index is 628. The van der Waals surface area contributed by atoms with Crippen LogP contribution in [0.4, 0.5) is 4.79 Å². The Morgan fingerprint density at radius 3 is 2.62 bits per heavy atom. The molecule has 2 rings (SSSR count). The summed E-state index contributed by atoms with van der Waals surface area (Å²) in [6.07, 6.45) is 1.89. The van der Waals surface area contributed by atoms with Gasteiger partial charge in [-0.2, -0.15) is 0 Å². The Labute approximate surface area is 140 Å². The van der Waals surface area contributed by atoms with Crippen LogP contribution < -0.4 is 5.32 Å². The summed E-state index contributed by atoms with van der Waals surface area (Å²) in [6, 6.07) is 8.05. The van der Waals surface area contributed by atoms with Crippen LogP contribution in [0.15, 0.2) is 43.0 Å². The number of benzene rings is 1. The molecule has 6 nitrogen and oxygen atoms in total. The lowest BCUT2D eigenvalue weighted by atomic mass is 9.74. The minimum atomic E-state index is -1.43. The average Bonchev–Trinajstić information content (AvgIpc) is 3.00. The van der Waals surface area contributed by atoms with Crippen LogP contribution in [0.5, 0.6) is 0 Å². The van der Waals surface area contributed by atoms with Crippen molar-refractivity contribution in [2.45, 2.75) is 25.3 Å². The fourth-order valence-electron chi connectivity index (χ4n) is 3.14. The molecule has 0 bridgehead atoms. The molecule has 1 N–H and O–H groups in total. The summed E-state index contributed by atoms with van der Waals surface area (Å²) in [5, 5.41) is 2.67. The third kappa shape index (κ3) is 3.32. The molecule has 0 unspecified atom stereocenters. The van der Waals surface area contributed by atoms with E-state index in [4.69, 9.17) is 9.47 Å². The van der Waals surface area contributed by atoms with Gasteiger partial charge in [0.25, 0.3) is 0 Å². The molecule has 1 aromatic rings. The molecule has 0 saturated heterocycles. The van der Waals surface area contributed by atoms with Crippen LogP contribution in [-0.2, 0) is 19.1 Å². The van der Waals surface area contributed by atoms with Gasteiger partial charge < -0.3 is 14.8 Å². The van der Waals surface area contributed by atoms with E-state index >= 15 is 0 Å². The lowest BCUT2D eigenvalue weighted by Gasteiger charge is -2.34. The van der Waals surface area contributed by atoms with E-state index in [1.54, 1.807) is 24.3 Å². The summed E-state index contributed by atoms with van der Waals surface area (Å²) in [5.41, 5.74) is -0.780. The highest BCUT2D eigenvalue weighted by molar-refractivity contribution is 6.06. The zero-order valence-electron chi connectivity index (χ0n) is 13.6. The maximum Gasteiger partial charge on any atom is 0.407 e. The molecule has 1 aliphatic carbocycles. The number of ketones is 1. The van der Waals surface area contributed by atoms with Gasteiger partial charge in [-0.15, -0.1) is 0 Å². The Kier molecular flexibility index (Phi) is 5.73. The molecule has 2 atom stereocenters. The van der Waals surface area contributed by atoms with Crippen LogP contribution in [0.2, 0.25) is 0 Å². The molecule has 6 heteroatoms. The first-order chi connectivity index (χ1) is 11.6. The van der Waals surface area contributed by atoms with Gasteiger partial charge in [0.05, 0.1) is 13.2 Å². The highest BCUT2D eigenvalue weighted by atomic mass is 16.5. The predicted molar refractivity (Wildman–Crippen MR) is 87.2 cm³/mol. The van der Waals surface area contributed by atoms with Crippen molar-refractivity contribution in [2.24, 2.45) is 5.41 Å². The summed E-state index contributed by atoms with van der Waals surface area (Å²) >= 11 is 0. The first kappa shape index (κ1) is 17.7. The fraction of sp³-hybridized carbons (Fsp3) is 0.389. The molecule has 24 heavy (non-hydrogen) atoms. The standard InChI is InChI=1S/C18H21NO5/c1-3-12-24-17(22)19-15(13-8-5-4-6-9-13)18(16(21)23-2)11-7-10-14(18)20/h3-6,8-9,15H,1,7,10-12H2,2H3,(H,19,22)/t15-,18-/m0/s1. The van der Waals surface area contributed by atoms with Crippen molar-refractivity contribution in [3.8, 4) is 0 Å². The molecule has 1 fully saturated rings. The topological polar surface area (TPSA) is 81.7 Å². The van der Waals surface area contributed by atoms with E-state index < -0.39 is 23.5 Å². The largest absolute Gasteiger partial charge is 0.468 e. The quantitative estimate of drug-likeness (QED) is 0.492. The van der Waals surface area contributed by atoms with E-state index in [9.17, 15) is 14.4 Å². The van der Waals surface area contributed by atoms with E-state index in [0.29, 0.717) is 18.4 Å². The molecular weight excluding hydrogens is 310 g/mol. The molecule has 0 aromatic heterocycles. The van der Waals surface area contributed by atoms with Gasteiger partial charge in [-0.1, -0.05) is 43.0 Å². The number of hydrogen-bond acceptors (Lipinski definition) is 5. The molecule has 1 aromatic carbocycles. The maximum atomic E-state index is 12.6. The molecule has 0 radical (unpaired) electrons. The number of ether oxygens (including phenoxy) is 2. The van der Waals surface area contributed by atoms with Gasteiger partial charge in [-0.25, -0.2) is 4.79 Å². The second-order valence-corrected chi connectivity index (χ2v) is 5.61. The molecule has 0 spiro atoms. The molecular formula is C18H21NO5. The van der Waals surface area contributed by atoms with Crippen LogP contribution in [0.25, 0.3) is 0 Å². The first-order valence-electron chi connectivity index (χ1n) is 7.77. The molecule has 1 amide bonds. The van der Waals surface area contributed by atoms with Crippen molar-refractivity contribution in [2.75, 3.05) is 13.7 Å². The first-order valence-corrected chi connectivity index (χ1v) is 7.77. The summed E-state index contributed by atoms with van der Waals surface area (Å²) in [5.74, 6) is -0.866. The lowest BCUT2D eigenvalue weighted by molar-refractivity contribution is -0.158. The van der Waals surface area contributed by atoms with Gasteiger partial charge in [0.2, 0.25) is 0 Å². The Morgan fingerprint density at radius 2 is 2.08 bits per heavy atom. The molecule has 0 aliphatic heterocycles. The number of Topliss-reactive ketones (excluding diaryl/α,β-unsaturated/α-hetero) is 1. The number of carbonyl (C=O) groups is 3.